The molecule has 0 aliphatic heterocycles. The number of amides is 1. The van der Waals surface area contributed by atoms with E-state index in [0.717, 1.165) is 34.9 Å². The molecule has 8 heteroatoms. The number of methoxy groups -OCH3 is 2. The Bertz CT molecular complexity index is 1140. The number of hydrogen-bond acceptors (Lipinski definition) is 6. The minimum Gasteiger partial charge on any atom is -0.493 e. The maximum Gasteiger partial charge on any atom is 0.233 e. The zero-order valence-electron chi connectivity index (χ0n) is 20.9. The maximum atomic E-state index is 12.9. The van der Waals surface area contributed by atoms with Crippen molar-refractivity contribution in [2.45, 2.75) is 68.9 Å². The number of thioether (sulfide) groups is 1. The van der Waals surface area contributed by atoms with Crippen molar-refractivity contribution in [2.24, 2.45) is 0 Å². The number of benzene rings is 2. The molecule has 1 N–H and O–H groups in total. The van der Waals surface area contributed by atoms with Gasteiger partial charge in [0.25, 0.3) is 0 Å². The Kier molecular flexibility index (Phi) is 8.33. The summed E-state index contributed by atoms with van der Waals surface area (Å²) in [5, 5.41) is 12.6. The van der Waals surface area contributed by atoms with Gasteiger partial charge < -0.3 is 14.8 Å². The average molecular weight is 495 g/mol. The first-order chi connectivity index (χ1) is 17.0. The van der Waals surface area contributed by atoms with Gasteiger partial charge in [0.15, 0.2) is 22.5 Å². The number of aryl methyl sites for hydroxylation is 1. The first kappa shape index (κ1) is 25.1. The van der Waals surface area contributed by atoms with Gasteiger partial charge in [-0.05, 0) is 50.5 Å². The van der Waals surface area contributed by atoms with Crippen LogP contribution in [0.5, 0.6) is 11.5 Å². The number of carbonyl (C=O) groups is 1. The van der Waals surface area contributed by atoms with Crippen molar-refractivity contribution >= 4 is 17.7 Å². The van der Waals surface area contributed by atoms with Gasteiger partial charge in [-0.25, -0.2) is 0 Å². The number of nitrogens with zero attached hydrogens (tertiary/aromatic N) is 3. The number of hydrogen-bond donors (Lipinski definition) is 1. The maximum absolute atomic E-state index is 12.9. The zero-order valence-corrected chi connectivity index (χ0v) is 21.7. The van der Waals surface area contributed by atoms with Gasteiger partial charge in [0.05, 0.1) is 19.5 Å². The molecule has 4 rings (SSSR count). The van der Waals surface area contributed by atoms with Crippen molar-refractivity contribution in [3.63, 3.8) is 0 Å². The van der Waals surface area contributed by atoms with Gasteiger partial charge in [0.1, 0.15) is 0 Å². The molecular formula is C27H34N4O3S. The molecule has 2 aromatic carbocycles. The van der Waals surface area contributed by atoms with Crippen LogP contribution in [0.25, 0.3) is 11.4 Å². The summed E-state index contributed by atoms with van der Waals surface area (Å²) >= 11 is 1.46. The van der Waals surface area contributed by atoms with Crippen molar-refractivity contribution in [1.82, 2.24) is 20.1 Å². The lowest BCUT2D eigenvalue weighted by atomic mass is 9.95. The number of ether oxygens (including phenoxy) is 2. The van der Waals surface area contributed by atoms with Crippen LogP contribution in [0.2, 0.25) is 0 Å². The Hall–Kier alpha value is -3.00. The monoisotopic (exact) mass is 494 g/mol. The quantitative estimate of drug-likeness (QED) is 0.392. The Morgan fingerprint density at radius 1 is 1.06 bits per heavy atom. The van der Waals surface area contributed by atoms with E-state index in [-0.39, 0.29) is 11.2 Å². The molecule has 1 unspecified atom stereocenters. The second-order valence-electron chi connectivity index (χ2n) is 9.00. The Balaban J connectivity index is 1.55. The third-order valence-electron chi connectivity index (χ3n) is 6.48. The summed E-state index contributed by atoms with van der Waals surface area (Å²) in [6, 6.07) is 14.3. The largest absolute Gasteiger partial charge is 0.493 e. The van der Waals surface area contributed by atoms with Gasteiger partial charge in [-0.3, -0.25) is 9.36 Å². The summed E-state index contributed by atoms with van der Waals surface area (Å²) in [5.41, 5.74) is 3.21. The molecule has 35 heavy (non-hydrogen) atoms. The summed E-state index contributed by atoms with van der Waals surface area (Å²) in [6.07, 6.45) is 5.79. The second kappa shape index (κ2) is 11.6. The average Bonchev–Trinajstić information content (AvgIpc) is 3.31. The number of carbonyl (C=O) groups excluding carboxylic acids is 1. The SMILES string of the molecule is COc1ccc(-c2nnc(SC(C)C(=O)NCc3ccc(C)cc3)n2C2CCCCC2)cc1OC. The lowest BCUT2D eigenvalue weighted by Crippen LogP contribution is -2.30. The van der Waals surface area contributed by atoms with Crippen molar-refractivity contribution < 1.29 is 14.3 Å². The smallest absolute Gasteiger partial charge is 0.233 e. The number of aromatic nitrogens is 3. The lowest BCUT2D eigenvalue weighted by Gasteiger charge is -2.26. The van der Waals surface area contributed by atoms with Gasteiger partial charge in [0.2, 0.25) is 5.91 Å². The predicted molar refractivity (Wildman–Crippen MR) is 139 cm³/mol. The molecule has 1 fully saturated rings. The summed E-state index contributed by atoms with van der Waals surface area (Å²) < 4.78 is 13.1. The van der Waals surface area contributed by atoms with Crippen LogP contribution in [0.15, 0.2) is 47.6 Å². The third kappa shape index (κ3) is 5.99. The Labute approximate surface area is 211 Å². The Morgan fingerprint density at radius 3 is 2.46 bits per heavy atom. The summed E-state index contributed by atoms with van der Waals surface area (Å²) in [7, 11) is 3.26. The molecule has 1 aliphatic carbocycles. The van der Waals surface area contributed by atoms with Crippen molar-refractivity contribution in [3.8, 4) is 22.9 Å². The second-order valence-corrected chi connectivity index (χ2v) is 10.3. The minimum atomic E-state index is -0.301. The molecule has 0 spiro atoms. The normalized spacial score (nSPS) is 15.0. The predicted octanol–water partition coefficient (Wildman–Crippen LogP) is 5.57. The van der Waals surface area contributed by atoms with Gasteiger partial charge in [-0.15, -0.1) is 10.2 Å². The van der Waals surface area contributed by atoms with Crippen LogP contribution >= 0.6 is 11.8 Å². The number of rotatable bonds is 9. The van der Waals surface area contributed by atoms with E-state index in [1.807, 2.05) is 37.3 Å². The summed E-state index contributed by atoms with van der Waals surface area (Å²) in [6.45, 7) is 4.49. The van der Waals surface area contributed by atoms with E-state index in [1.165, 1.54) is 36.6 Å². The first-order valence-corrected chi connectivity index (χ1v) is 13.1. The van der Waals surface area contributed by atoms with Gasteiger partial charge in [-0.1, -0.05) is 60.9 Å². The molecule has 7 nitrogen and oxygen atoms in total. The summed E-state index contributed by atoms with van der Waals surface area (Å²) in [4.78, 5) is 12.9. The van der Waals surface area contributed by atoms with E-state index in [1.54, 1.807) is 14.2 Å². The van der Waals surface area contributed by atoms with E-state index < -0.39 is 0 Å². The molecule has 1 heterocycles. The highest BCUT2D eigenvalue weighted by Crippen LogP contribution is 2.38. The molecule has 1 amide bonds. The molecule has 186 valence electrons. The highest BCUT2D eigenvalue weighted by atomic mass is 32.2. The molecule has 1 saturated carbocycles. The molecule has 3 aromatic rings. The van der Waals surface area contributed by atoms with Crippen LogP contribution < -0.4 is 14.8 Å². The summed E-state index contributed by atoms with van der Waals surface area (Å²) in [5.74, 6) is 2.11. The van der Waals surface area contributed by atoms with E-state index in [0.29, 0.717) is 24.1 Å². The van der Waals surface area contributed by atoms with Crippen molar-refractivity contribution in [1.29, 1.82) is 0 Å². The molecule has 1 atom stereocenters. The zero-order chi connectivity index (χ0) is 24.8. The fourth-order valence-electron chi connectivity index (χ4n) is 4.45. The van der Waals surface area contributed by atoms with E-state index in [9.17, 15) is 4.79 Å². The van der Waals surface area contributed by atoms with E-state index >= 15 is 0 Å². The molecule has 1 aromatic heterocycles. The van der Waals surface area contributed by atoms with Crippen LogP contribution in [0, 0.1) is 6.92 Å². The van der Waals surface area contributed by atoms with E-state index in [4.69, 9.17) is 9.47 Å². The highest BCUT2D eigenvalue weighted by molar-refractivity contribution is 8.00. The molecule has 0 saturated heterocycles. The first-order valence-electron chi connectivity index (χ1n) is 12.2. The third-order valence-corrected chi connectivity index (χ3v) is 7.54. The van der Waals surface area contributed by atoms with Gasteiger partial charge >= 0.3 is 0 Å². The van der Waals surface area contributed by atoms with Crippen LogP contribution in [0.4, 0.5) is 0 Å². The standard InChI is InChI=1S/C27H34N4O3S/c1-18-10-12-20(13-11-18)17-28-26(32)19(2)35-27-30-29-25(31(27)22-8-6-5-7-9-22)21-14-15-23(33-3)24(16-21)34-4/h10-16,19,22H,5-9,17H2,1-4H3,(H,28,32). The fourth-order valence-corrected chi connectivity index (χ4v) is 5.39. The molecule has 1 aliphatic rings. The van der Waals surface area contributed by atoms with Gasteiger partial charge in [0, 0.05) is 18.2 Å². The lowest BCUT2D eigenvalue weighted by molar-refractivity contribution is -0.120. The van der Waals surface area contributed by atoms with Crippen LogP contribution in [-0.4, -0.2) is 40.1 Å². The van der Waals surface area contributed by atoms with Crippen LogP contribution in [0.3, 0.4) is 0 Å². The van der Waals surface area contributed by atoms with Crippen LogP contribution in [-0.2, 0) is 11.3 Å². The highest BCUT2D eigenvalue weighted by Gasteiger charge is 2.27. The number of nitrogens with one attached hydrogen (secondary N) is 1. The molecule has 0 bridgehead atoms. The Morgan fingerprint density at radius 2 is 1.77 bits per heavy atom. The van der Waals surface area contributed by atoms with Crippen molar-refractivity contribution in [2.75, 3.05) is 14.2 Å². The topological polar surface area (TPSA) is 78.3 Å². The van der Waals surface area contributed by atoms with E-state index in [2.05, 4.69) is 39.1 Å². The van der Waals surface area contributed by atoms with Gasteiger partial charge in [-0.2, -0.15) is 0 Å². The molecule has 0 radical (unpaired) electrons. The molecular weight excluding hydrogens is 460 g/mol. The van der Waals surface area contributed by atoms with Crippen LogP contribution in [0.1, 0.15) is 56.2 Å². The minimum absolute atomic E-state index is 0.0126. The van der Waals surface area contributed by atoms with Crippen molar-refractivity contribution in [3.05, 3.63) is 53.6 Å². The fraction of sp³-hybridized carbons (Fsp3) is 0.444.